The standard InChI is InChI=1S/C18H29N3O2.HI/c1-14(23-17-11-9-16(22-3)10-12-17)13-20-18(19-2)21-15-7-5-4-6-8-15;/h9-12,14-15H,4-8,13H2,1-3H3,(H2,19,20,21);1H. The van der Waals surface area contributed by atoms with Gasteiger partial charge in [-0.2, -0.15) is 0 Å². The molecule has 6 heteroatoms. The Kier molecular flexibility index (Phi) is 9.90. The van der Waals surface area contributed by atoms with Crippen molar-refractivity contribution in [3.8, 4) is 11.5 Å². The van der Waals surface area contributed by atoms with E-state index < -0.39 is 0 Å². The van der Waals surface area contributed by atoms with Crippen LogP contribution in [0, 0.1) is 0 Å². The lowest BCUT2D eigenvalue weighted by Gasteiger charge is -2.25. The van der Waals surface area contributed by atoms with Crippen LogP contribution in [-0.4, -0.2) is 38.8 Å². The van der Waals surface area contributed by atoms with Crippen LogP contribution in [0.1, 0.15) is 39.0 Å². The zero-order valence-corrected chi connectivity index (χ0v) is 17.2. The van der Waals surface area contributed by atoms with Gasteiger partial charge in [0.25, 0.3) is 0 Å². The third kappa shape index (κ3) is 7.15. The molecule has 1 aromatic rings. The molecule has 0 aromatic heterocycles. The highest BCUT2D eigenvalue weighted by molar-refractivity contribution is 14.0. The number of methoxy groups -OCH3 is 1. The van der Waals surface area contributed by atoms with E-state index in [0.717, 1.165) is 17.5 Å². The first-order valence-corrected chi connectivity index (χ1v) is 8.49. The largest absolute Gasteiger partial charge is 0.497 e. The Hall–Kier alpha value is -1.18. The van der Waals surface area contributed by atoms with Crippen LogP contribution in [0.25, 0.3) is 0 Å². The molecule has 0 radical (unpaired) electrons. The Morgan fingerprint density at radius 2 is 1.79 bits per heavy atom. The van der Waals surface area contributed by atoms with Crippen LogP contribution in [0.2, 0.25) is 0 Å². The lowest BCUT2D eigenvalue weighted by atomic mass is 9.96. The van der Waals surface area contributed by atoms with Gasteiger partial charge in [0.2, 0.25) is 0 Å². The quantitative estimate of drug-likeness (QED) is 0.398. The third-order valence-electron chi connectivity index (χ3n) is 4.12. The van der Waals surface area contributed by atoms with Gasteiger partial charge in [-0.15, -0.1) is 24.0 Å². The van der Waals surface area contributed by atoms with Gasteiger partial charge in [0.15, 0.2) is 5.96 Å². The van der Waals surface area contributed by atoms with Crippen molar-refractivity contribution in [3.05, 3.63) is 24.3 Å². The van der Waals surface area contributed by atoms with Gasteiger partial charge in [-0.05, 0) is 44.0 Å². The summed E-state index contributed by atoms with van der Waals surface area (Å²) in [6, 6.07) is 8.19. The highest BCUT2D eigenvalue weighted by Crippen LogP contribution is 2.18. The van der Waals surface area contributed by atoms with E-state index in [-0.39, 0.29) is 30.1 Å². The first-order valence-electron chi connectivity index (χ1n) is 8.49. The second-order valence-electron chi connectivity index (χ2n) is 6.04. The minimum absolute atomic E-state index is 0. The van der Waals surface area contributed by atoms with Gasteiger partial charge in [-0.25, -0.2) is 0 Å². The van der Waals surface area contributed by atoms with Crippen LogP contribution < -0.4 is 20.1 Å². The van der Waals surface area contributed by atoms with E-state index in [9.17, 15) is 0 Å². The lowest BCUT2D eigenvalue weighted by Crippen LogP contribution is -2.46. The molecule has 1 aliphatic rings. The maximum absolute atomic E-state index is 5.90. The second kappa shape index (κ2) is 11.4. The van der Waals surface area contributed by atoms with Crippen molar-refractivity contribution < 1.29 is 9.47 Å². The Morgan fingerprint density at radius 3 is 2.38 bits per heavy atom. The zero-order chi connectivity index (χ0) is 16.5. The monoisotopic (exact) mass is 447 g/mol. The maximum atomic E-state index is 5.90. The summed E-state index contributed by atoms with van der Waals surface area (Å²) in [6.07, 6.45) is 6.50. The van der Waals surface area contributed by atoms with E-state index >= 15 is 0 Å². The van der Waals surface area contributed by atoms with E-state index in [0.29, 0.717) is 12.6 Å². The molecule has 0 bridgehead atoms. The number of nitrogens with zero attached hydrogens (tertiary/aromatic N) is 1. The molecule has 2 N–H and O–H groups in total. The molecule has 24 heavy (non-hydrogen) atoms. The predicted molar refractivity (Wildman–Crippen MR) is 110 cm³/mol. The van der Waals surface area contributed by atoms with E-state index in [1.165, 1.54) is 32.1 Å². The molecule has 1 unspecified atom stereocenters. The van der Waals surface area contributed by atoms with Gasteiger partial charge < -0.3 is 20.1 Å². The fourth-order valence-corrected chi connectivity index (χ4v) is 2.80. The number of hydrogen-bond donors (Lipinski definition) is 2. The smallest absolute Gasteiger partial charge is 0.191 e. The molecule has 0 heterocycles. The highest BCUT2D eigenvalue weighted by Gasteiger charge is 2.15. The third-order valence-corrected chi connectivity index (χ3v) is 4.12. The van der Waals surface area contributed by atoms with Gasteiger partial charge in [0.05, 0.1) is 13.7 Å². The minimum atomic E-state index is 0. The highest BCUT2D eigenvalue weighted by atomic mass is 127. The van der Waals surface area contributed by atoms with Crippen molar-refractivity contribution in [1.82, 2.24) is 10.6 Å². The van der Waals surface area contributed by atoms with E-state index in [1.54, 1.807) is 7.11 Å². The van der Waals surface area contributed by atoms with Crippen LogP contribution in [0.5, 0.6) is 11.5 Å². The number of benzene rings is 1. The maximum Gasteiger partial charge on any atom is 0.191 e. The topological polar surface area (TPSA) is 54.9 Å². The first kappa shape index (κ1) is 20.9. The molecule has 136 valence electrons. The van der Waals surface area contributed by atoms with E-state index in [1.807, 2.05) is 38.2 Å². The van der Waals surface area contributed by atoms with Crippen molar-refractivity contribution in [2.45, 2.75) is 51.2 Å². The number of aliphatic imine (C=N–C) groups is 1. The zero-order valence-electron chi connectivity index (χ0n) is 14.9. The first-order chi connectivity index (χ1) is 11.2. The van der Waals surface area contributed by atoms with Crippen molar-refractivity contribution in [2.24, 2.45) is 4.99 Å². The second-order valence-corrected chi connectivity index (χ2v) is 6.04. The van der Waals surface area contributed by atoms with Crippen molar-refractivity contribution in [2.75, 3.05) is 20.7 Å². The number of guanidine groups is 1. The summed E-state index contributed by atoms with van der Waals surface area (Å²) in [4.78, 5) is 4.31. The van der Waals surface area contributed by atoms with Crippen LogP contribution in [-0.2, 0) is 0 Å². The van der Waals surface area contributed by atoms with E-state index in [2.05, 4.69) is 15.6 Å². The Labute approximate surface area is 162 Å². The molecule has 0 amide bonds. The number of rotatable bonds is 6. The summed E-state index contributed by atoms with van der Waals surface area (Å²) in [6.45, 7) is 2.75. The van der Waals surface area contributed by atoms with Crippen LogP contribution in [0.3, 0.4) is 0 Å². The molecule has 1 aliphatic carbocycles. The van der Waals surface area contributed by atoms with Crippen LogP contribution in [0.15, 0.2) is 29.3 Å². The molecule has 1 atom stereocenters. The molecule has 0 saturated heterocycles. The average molecular weight is 447 g/mol. The number of ether oxygens (including phenoxy) is 2. The summed E-state index contributed by atoms with van der Waals surface area (Å²) >= 11 is 0. The summed E-state index contributed by atoms with van der Waals surface area (Å²) in [5.41, 5.74) is 0. The number of hydrogen-bond acceptors (Lipinski definition) is 3. The SMILES string of the molecule is CN=C(NCC(C)Oc1ccc(OC)cc1)NC1CCCCC1.I. The number of nitrogens with one attached hydrogen (secondary N) is 2. The Balaban J connectivity index is 0.00000288. The lowest BCUT2D eigenvalue weighted by molar-refractivity contribution is 0.223. The van der Waals surface area contributed by atoms with Crippen LogP contribution >= 0.6 is 24.0 Å². The fraction of sp³-hybridized carbons (Fsp3) is 0.611. The van der Waals surface area contributed by atoms with Gasteiger partial charge in [0, 0.05) is 13.1 Å². The molecular formula is C18H30IN3O2. The molecule has 5 nitrogen and oxygen atoms in total. The molecule has 0 aliphatic heterocycles. The van der Waals surface area contributed by atoms with Gasteiger partial charge in [-0.3, -0.25) is 4.99 Å². The average Bonchev–Trinajstić information content (AvgIpc) is 2.60. The van der Waals surface area contributed by atoms with Crippen molar-refractivity contribution in [3.63, 3.8) is 0 Å². The van der Waals surface area contributed by atoms with Crippen LogP contribution in [0.4, 0.5) is 0 Å². The molecule has 2 rings (SSSR count). The summed E-state index contributed by atoms with van der Waals surface area (Å²) in [5, 5.41) is 6.86. The summed E-state index contributed by atoms with van der Waals surface area (Å²) in [7, 11) is 3.47. The summed E-state index contributed by atoms with van der Waals surface area (Å²) in [5.74, 6) is 2.54. The van der Waals surface area contributed by atoms with Gasteiger partial charge in [-0.1, -0.05) is 19.3 Å². The molecular weight excluding hydrogens is 417 g/mol. The normalized spacial score (nSPS) is 16.7. The Morgan fingerprint density at radius 1 is 1.17 bits per heavy atom. The molecule has 0 spiro atoms. The molecule has 1 fully saturated rings. The molecule has 1 saturated carbocycles. The van der Waals surface area contributed by atoms with Crippen molar-refractivity contribution >= 4 is 29.9 Å². The van der Waals surface area contributed by atoms with E-state index in [4.69, 9.17) is 9.47 Å². The van der Waals surface area contributed by atoms with Crippen molar-refractivity contribution in [1.29, 1.82) is 0 Å². The fourth-order valence-electron chi connectivity index (χ4n) is 2.80. The summed E-state index contributed by atoms with van der Waals surface area (Å²) < 4.78 is 11.0. The number of halogens is 1. The molecule has 1 aromatic carbocycles. The van der Waals surface area contributed by atoms with Gasteiger partial charge in [0.1, 0.15) is 17.6 Å². The van der Waals surface area contributed by atoms with Gasteiger partial charge >= 0.3 is 0 Å². The predicted octanol–water partition coefficient (Wildman–Crippen LogP) is 3.58. The Bertz CT molecular complexity index is 488. The minimum Gasteiger partial charge on any atom is -0.497 e.